The van der Waals surface area contributed by atoms with Crippen molar-refractivity contribution in [2.24, 2.45) is 0 Å². The van der Waals surface area contributed by atoms with Crippen LogP contribution >= 0.6 is 11.6 Å². The van der Waals surface area contributed by atoms with E-state index in [0.717, 1.165) is 28.6 Å². The second-order valence-corrected chi connectivity index (χ2v) is 11.1. The van der Waals surface area contributed by atoms with Crippen molar-refractivity contribution in [3.8, 4) is 0 Å². The summed E-state index contributed by atoms with van der Waals surface area (Å²) < 4.78 is 41.6. The maximum Gasteiger partial charge on any atom is 0.264 e. The lowest BCUT2D eigenvalue weighted by atomic mass is 10.1. The zero-order valence-electron chi connectivity index (χ0n) is 20.8. The van der Waals surface area contributed by atoms with Crippen LogP contribution in [-0.4, -0.2) is 43.8 Å². The first-order chi connectivity index (χ1) is 17.5. The molecule has 3 rings (SSSR count). The lowest BCUT2D eigenvalue weighted by Crippen LogP contribution is -2.52. The summed E-state index contributed by atoms with van der Waals surface area (Å²) in [5.74, 6) is -1.56. The Morgan fingerprint density at radius 3 is 2.19 bits per heavy atom. The summed E-state index contributed by atoms with van der Waals surface area (Å²) in [7, 11) is -4.25. The van der Waals surface area contributed by atoms with Crippen LogP contribution in [0.25, 0.3) is 0 Å². The second kappa shape index (κ2) is 12.2. The monoisotopic (exact) mass is 545 g/mol. The minimum atomic E-state index is -4.25. The van der Waals surface area contributed by atoms with Gasteiger partial charge in [0.05, 0.1) is 10.6 Å². The Labute approximate surface area is 221 Å². The van der Waals surface area contributed by atoms with E-state index in [9.17, 15) is 22.4 Å². The van der Waals surface area contributed by atoms with Gasteiger partial charge < -0.3 is 10.2 Å². The smallest absolute Gasteiger partial charge is 0.264 e. The molecule has 0 aliphatic heterocycles. The molecule has 0 fully saturated rings. The third kappa shape index (κ3) is 7.30. The van der Waals surface area contributed by atoms with Gasteiger partial charge in [-0.15, -0.1) is 0 Å². The summed E-state index contributed by atoms with van der Waals surface area (Å²) in [5, 5.41) is 3.26. The summed E-state index contributed by atoms with van der Waals surface area (Å²) >= 11 is 6.13. The van der Waals surface area contributed by atoms with Gasteiger partial charge >= 0.3 is 0 Å². The van der Waals surface area contributed by atoms with Gasteiger partial charge in [0.2, 0.25) is 11.8 Å². The summed E-state index contributed by atoms with van der Waals surface area (Å²) in [6, 6.07) is 18.3. The van der Waals surface area contributed by atoms with E-state index in [1.165, 1.54) is 4.90 Å². The number of hydrogen-bond donors (Lipinski definition) is 1. The quantitative estimate of drug-likeness (QED) is 0.403. The van der Waals surface area contributed by atoms with E-state index in [0.29, 0.717) is 10.6 Å². The van der Waals surface area contributed by atoms with Gasteiger partial charge in [-0.1, -0.05) is 41.9 Å². The first-order valence-corrected chi connectivity index (χ1v) is 13.5. The number of para-hydroxylation sites is 1. The van der Waals surface area contributed by atoms with Crippen LogP contribution in [0.5, 0.6) is 0 Å². The average molecular weight is 546 g/mol. The van der Waals surface area contributed by atoms with E-state index in [4.69, 9.17) is 11.6 Å². The van der Waals surface area contributed by atoms with E-state index < -0.39 is 34.3 Å². The number of benzene rings is 3. The predicted octanol–water partition coefficient (Wildman–Crippen LogP) is 4.62. The zero-order valence-corrected chi connectivity index (χ0v) is 22.3. The zero-order chi connectivity index (χ0) is 27.2. The number of anilines is 1. The SMILES string of the molecule is CC(C)NC(=O)[C@H](C)N(Cc1cccc(Cl)c1)C(=O)CN(c1ccccc1)S(=O)(=O)c1ccc(F)cc1. The lowest BCUT2D eigenvalue weighted by Gasteiger charge is -2.32. The summed E-state index contributed by atoms with van der Waals surface area (Å²) in [6.45, 7) is 4.65. The molecule has 2 amide bonds. The van der Waals surface area contributed by atoms with Crippen molar-refractivity contribution in [2.75, 3.05) is 10.8 Å². The molecular weight excluding hydrogens is 517 g/mol. The van der Waals surface area contributed by atoms with Crippen LogP contribution in [0.1, 0.15) is 26.3 Å². The second-order valence-electron chi connectivity index (χ2n) is 8.79. The molecule has 0 radical (unpaired) electrons. The highest BCUT2D eigenvalue weighted by molar-refractivity contribution is 7.92. The maximum atomic E-state index is 13.7. The largest absolute Gasteiger partial charge is 0.352 e. The lowest BCUT2D eigenvalue weighted by molar-refractivity contribution is -0.139. The molecule has 0 aliphatic rings. The normalized spacial score (nSPS) is 12.2. The molecule has 196 valence electrons. The van der Waals surface area contributed by atoms with Gasteiger partial charge in [-0.05, 0) is 74.9 Å². The molecule has 1 atom stereocenters. The average Bonchev–Trinajstić information content (AvgIpc) is 2.85. The number of carbonyl (C=O) groups is 2. The number of amides is 2. The van der Waals surface area contributed by atoms with Crippen LogP contribution in [0.2, 0.25) is 5.02 Å². The van der Waals surface area contributed by atoms with Crippen LogP contribution < -0.4 is 9.62 Å². The van der Waals surface area contributed by atoms with Gasteiger partial charge in [0.25, 0.3) is 10.0 Å². The van der Waals surface area contributed by atoms with Gasteiger partial charge in [-0.2, -0.15) is 0 Å². The fourth-order valence-corrected chi connectivity index (χ4v) is 5.30. The number of rotatable bonds is 10. The Hall–Kier alpha value is -3.43. The molecule has 0 unspecified atom stereocenters. The van der Waals surface area contributed by atoms with Crippen LogP contribution in [0.4, 0.5) is 10.1 Å². The summed E-state index contributed by atoms with van der Waals surface area (Å²) in [6.07, 6.45) is 0. The summed E-state index contributed by atoms with van der Waals surface area (Å²) in [5.41, 5.74) is 0.930. The molecule has 1 N–H and O–H groups in total. The number of nitrogens with one attached hydrogen (secondary N) is 1. The molecule has 0 heterocycles. The molecular formula is C27H29ClFN3O4S. The molecule has 0 saturated heterocycles. The van der Waals surface area contributed by atoms with Gasteiger partial charge in [0, 0.05) is 17.6 Å². The highest BCUT2D eigenvalue weighted by atomic mass is 35.5. The Balaban J connectivity index is 2.00. The molecule has 10 heteroatoms. The first-order valence-electron chi connectivity index (χ1n) is 11.7. The molecule has 0 aromatic heterocycles. The van der Waals surface area contributed by atoms with E-state index in [-0.39, 0.29) is 29.1 Å². The third-order valence-electron chi connectivity index (χ3n) is 5.56. The Bertz CT molecular complexity index is 1340. The van der Waals surface area contributed by atoms with Gasteiger partial charge in [-0.25, -0.2) is 12.8 Å². The van der Waals surface area contributed by atoms with Crippen molar-refractivity contribution in [3.05, 3.63) is 95.3 Å². The Morgan fingerprint density at radius 2 is 1.59 bits per heavy atom. The molecule has 0 spiro atoms. The van der Waals surface area contributed by atoms with Crippen LogP contribution in [0.15, 0.2) is 83.8 Å². The van der Waals surface area contributed by atoms with Crippen LogP contribution in [-0.2, 0) is 26.2 Å². The van der Waals surface area contributed by atoms with E-state index in [2.05, 4.69) is 5.32 Å². The fourth-order valence-electron chi connectivity index (χ4n) is 3.68. The van der Waals surface area contributed by atoms with Crippen molar-refractivity contribution < 1.29 is 22.4 Å². The molecule has 0 aliphatic carbocycles. The number of carbonyl (C=O) groups excluding carboxylic acids is 2. The van der Waals surface area contributed by atoms with E-state index in [1.807, 2.05) is 0 Å². The molecule has 3 aromatic rings. The topological polar surface area (TPSA) is 86.8 Å². The molecule has 0 saturated carbocycles. The van der Waals surface area contributed by atoms with Gasteiger partial charge in [0.1, 0.15) is 18.4 Å². The summed E-state index contributed by atoms with van der Waals surface area (Å²) in [4.78, 5) is 27.7. The molecule has 3 aromatic carbocycles. The van der Waals surface area contributed by atoms with E-state index >= 15 is 0 Å². The van der Waals surface area contributed by atoms with Crippen LogP contribution in [0.3, 0.4) is 0 Å². The number of hydrogen-bond acceptors (Lipinski definition) is 4. The van der Waals surface area contributed by atoms with Crippen molar-refractivity contribution >= 4 is 39.1 Å². The minimum Gasteiger partial charge on any atom is -0.352 e. The van der Waals surface area contributed by atoms with Crippen LogP contribution in [0, 0.1) is 5.82 Å². The maximum absolute atomic E-state index is 13.7. The van der Waals surface area contributed by atoms with E-state index in [1.54, 1.807) is 75.4 Å². The highest BCUT2D eigenvalue weighted by Crippen LogP contribution is 2.25. The van der Waals surface area contributed by atoms with Crippen molar-refractivity contribution in [1.29, 1.82) is 0 Å². The highest BCUT2D eigenvalue weighted by Gasteiger charge is 2.32. The third-order valence-corrected chi connectivity index (χ3v) is 7.59. The number of nitrogens with zero attached hydrogens (tertiary/aromatic N) is 2. The first kappa shape index (κ1) is 28.1. The van der Waals surface area contributed by atoms with Gasteiger partial charge in [-0.3, -0.25) is 13.9 Å². The molecule has 0 bridgehead atoms. The molecule has 7 nitrogen and oxygen atoms in total. The minimum absolute atomic E-state index is 0.0330. The fraction of sp³-hybridized carbons (Fsp3) is 0.259. The van der Waals surface area contributed by atoms with Gasteiger partial charge in [0.15, 0.2) is 0 Å². The number of sulfonamides is 1. The number of halogens is 2. The van der Waals surface area contributed by atoms with Crippen molar-refractivity contribution in [3.63, 3.8) is 0 Å². The Kier molecular flexibility index (Phi) is 9.29. The van der Waals surface area contributed by atoms with Crippen molar-refractivity contribution in [1.82, 2.24) is 10.2 Å². The van der Waals surface area contributed by atoms with Crippen molar-refractivity contribution in [2.45, 2.75) is 44.3 Å². The predicted molar refractivity (Wildman–Crippen MR) is 142 cm³/mol. The standard InChI is InChI=1S/C27H29ClFN3O4S/c1-19(2)30-27(34)20(3)31(17-21-8-7-9-22(28)16-21)26(33)18-32(24-10-5-4-6-11-24)37(35,36)25-14-12-23(29)13-15-25/h4-16,19-20H,17-18H2,1-3H3,(H,30,34)/t20-/m0/s1. The Morgan fingerprint density at radius 1 is 0.946 bits per heavy atom. The molecule has 37 heavy (non-hydrogen) atoms.